The number of nitrogens with one attached hydrogen (secondary N) is 1. The number of urea groups is 1. The summed E-state index contributed by atoms with van der Waals surface area (Å²) in [6.07, 6.45) is 2.23. The summed E-state index contributed by atoms with van der Waals surface area (Å²) in [5.41, 5.74) is -0.107. The molecule has 138 valence electrons. The van der Waals surface area contributed by atoms with Crippen LogP contribution in [0, 0.1) is 0 Å². The van der Waals surface area contributed by atoms with Crippen molar-refractivity contribution in [3.63, 3.8) is 0 Å². The normalized spacial score (nSPS) is 26.1. The first-order valence-corrected chi connectivity index (χ1v) is 8.91. The lowest BCUT2D eigenvalue weighted by atomic mass is 9.86. The van der Waals surface area contributed by atoms with Gasteiger partial charge >= 0.3 is 6.03 Å². The van der Waals surface area contributed by atoms with Gasteiger partial charge in [0.25, 0.3) is 0 Å². The van der Waals surface area contributed by atoms with Gasteiger partial charge in [0.05, 0.1) is 6.61 Å². The highest BCUT2D eigenvalue weighted by molar-refractivity contribution is 5.77. The zero-order valence-corrected chi connectivity index (χ0v) is 15.5. The van der Waals surface area contributed by atoms with Crippen molar-refractivity contribution in [3.8, 4) is 0 Å². The lowest BCUT2D eigenvalue weighted by Crippen LogP contribution is -2.63. The molecular formula is C17H32N4O3. The Bertz CT molecular complexity index is 457. The minimum atomic E-state index is -0.107. The number of ether oxygens (including phenoxy) is 1. The van der Waals surface area contributed by atoms with Crippen molar-refractivity contribution in [3.05, 3.63) is 0 Å². The average molecular weight is 340 g/mol. The molecule has 1 N–H and O–H groups in total. The maximum Gasteiger partial charge on any atom is 0.317 e. The number of methoxy groups -OCH3 is 1. The van der Waals surface area contributed by atoms with Gasteiger partial charge in [-0.3, -0.25) is 9.69 Å². The van der Waals surface area contributed by atoms with Crippen LogP contribution in [0.15, 0.2) is 0 Å². The molecule has 0 radical (unpaired) electrons. The smallest absolute Gasteiger partial charge is 0.317 e. The molecule has 0 aromatic heterocycles. The van der Waals surface area contributed by atoms with Crippen LogP contribution in [-0.4, -0.2) is 91.7 Å². The first kappa shape index (κ1) is 19.0. The highest BCUT2D eigenvalue weighted by Crippen LogP contribution is 2.32. The fourth-order valence-corrected chi connectivity index (χ4v) is 3.64. The van der Waals surface area contributed by atoms with Crippen LogP contribution in [0.2, 0.25) is 0 Å². The summed E-state index contributed by atoms with van der Waals surface area (Å²) in [7, 11) is 3.77. The predicted molar refractivity (Wildman–Crippen MR) is 92.9 cm³/mol. The molecule has 7 heteroatoms. The number of likely N-dealkylation sites (tertiary alicyclic amines) is 1. The molecule has 0 aromatic rings. The van der Waals surface area contributed by atoms with Crippen LogP contribution in [0.3, 0.4) is 0 Å². The molecule has 2 aliphatic heterocycles. The number of carbonyl (C=O) groups is 2. The van der Waals surface area contributed by atoms with Gasteiger partial charge in [0.15, 0.2) is 0 Å². The van der Waals surface area contributed by atoms with Gasteiger partial charge in [0, 0.05) is 57.8 Å². The maximum atomic E-state index is 12.4. The van der Waals surface area contributed by atoms with Crippen LogP contribution in [0.25, 0.3) is 0 Å². The van der Waals surface area contributed by atoms with Crippen LogP contribution in [-0.2, 0) is 9.53 Å². The van der Waals surface area contributed by atoms with E-state index in [0.717, 1.165) is 32.5 Å². The average Bonchev–Trinajstić information content (AvgIpc) is 2.68. The van der Waals surface area contributed by atoms with Crippen LogP contribution < -0.4 is 5.32 Å². The molecule has 2 heterocycles. The molecule has 2 aliphatic rings. The van der Waals surface area contributed by atoms with Gasteiger partial charge in [-0.2, -0.15) is 0 Å². The van der Waals surface area contributed by atoms with E-state index in [1.807, 2.05) is 23.6 Å². The van der Waals surface area contributed by atoms with Gasteiger partial charge in [-0.25, -0.2) is 4.79 Å². The quantitative estimate of drug-likeness (QED) is 0.820. The van der Waals surface area contributed by atoms with Crippen molar-refractivity contribution in [1.82, 2.24) is 20.0 Å². The molecule has 1 atom stereocenters. The molecule has 1 spiro atoms. The van der Waals surface area contributed by atoms with Crippen LogP contribution in [0.1, 0.15) is 33.1 Å². The molecular weight excluding hydrogens is 308 g/mol. The lowest BCUT2D eigenvalue weighted by molar-refractivity contribution is -0.131. The minimum absolute atomic E-state index is 0.00397. The number of rotatable bonds is 4. The summed E-state index contributed by atoms with van der Waals surface area (Å²) in [5.74, 6) is 0.195. The van der Waals surface area contributed by atoms with Crippen molar-refractivity contribution in [2.75, 3.05) is 53.5 Å². The Balaban J connectivity index is 2.06. The monoisotopic (exact) mass is 340 g/mol. The van der Waals surface area contributed by atoms with Gasteiger partial charge in [-0.05, 0) is 33.7 Å². The van der Waals surface area contributed by atoms with Crippen LogP contribution in [0.4, 0.5) is 4.79 Å². The number of hydrogen-bond donors (Lipinski definition) is 1. The van der Waals surface area contributed by atoms with Gasteiger partial charge in [-0.15, -0.1) is 0 Å². The summed E-state index contributed by atoms with van der Waals surface area (Å²) >= 11 is 0. The number of nitrogens with zero attached hydrogens (tertiary/aromatic N) is 3. The Morgan fingerprint density at radius 1 is 1.29 bits per heavy atom. The first-order valence-electron chi connectivity index (χ1n) is 8.91. The fourth-order valence-electron chi connectivity index (χ4n) is 3.64. The third kappa shape index (κ3) is 4.39. The standard InChI is InChI=1S/C17H32N4O3/c1-14(2)18-16(23)21-10-9-19(3)17(13-21)6-5-15(22)20(8-7-17)11-12-24-4/h14H,5-13H2,1-4H3,(H,18,23)/t17-/m1/s1. The van der Waals surface area contributed by atoms with E-state index in [4.69, 9.17) is 4.74 Å². The number of carbonyl (C=O) groups excluding carboxylic acids is 2. The summed E-state index contributed by atoms with van der Waals surface area (Å²) in [4.78, 5) is 30.9. The zero-order chi connectivity index (χ0) is 17.7. The van der Waals surface area contributed by atoms with E-state index in [1.165, 1.54) is 0 Å². The number of piperazine rings is 1. The summed E-state index contributed by atoms with van der Waals surface area (Å²) in [6.45, 7) is 8.16. The van der Waals surface area contributed by atoms with Gasteiger partial charge in [0.2, 0.25) is 5.91 Å². The summed E-state index contributed by atoms with van der Waals surface area (Å²) < 4.78 is 5.11. The van der Waals surface area contributed by atoms with Crippen molar-refractivity contribution in [2.24, 2.45) is 0 Å². The van der Waals surface area contributed by atoms with Crippen molar-refractivity contribution in [1.29, 1.82) is 0 Å². The molecule has 0 saturated carbocycles. The second kappa shape index (κ2) is 8.16. The first-order chi connectivity index (χ1) is 11.4. The third-order valence-corrected chi connectivity index (χ3v) is 5.27. The maximum absolute atomic E-state index is 12.4. The van der Waals surface area contributed by atoms with Crippen LogP contribution in [0.5, 0.6) is 0 Å². The molecule has 0 aromatic carbocycles. The van der Waals surface area contributed by atoms with E-state index >= 15 is 0 Å². The molecule has 2 saturated heterocycles. The molecule has 7 nitrogen and oxygen atoms in total. The molecule has 3 amide bonds. The van der Waals surface area contributed by atoms with Gasteiger partial charge in [-0.1, -0.05) is 0 Å². The SMILES string of the molecule is COCCN1CC[C@]2(CCC1=O)CN(C(=O)NC(C)C)CCN2C. The Morgan fingerprint density at radius 2 is 2.04 bits per heavy atom. The van der Waals surface area contributed by atoms with Gasteiger partial charge < -0.3 is 19.9 Å². The van der Waals surface area contributed by atoms with E-state index in [-0.39, 0.29) is 23.5 Å². The van der Waals surface area contributed by atoms with E-state index < -0.39 is 0 Å². The Hall–Kier alpha value is -1.34. The highest BCUT2D eigenvalue weighted by Gasteiger charge is 2.43. The zero-order valence-electron chi connectivity index (χ0n) is 15.5. The Kier molecular flexibility index (Phi) is 6.46. The number of hydrogen-bond acceptors (Lipinski definition) is 4. The third-order valence-electron chi connectivity index (χ3n) is 5.27. The number of likely N-dealkylation sites (N-methyl/N-ethyl adjacent to an activating group) is 1. The molecule has 0 aliphatic carbocycles. The Labute approximate surface area is 145 Å². The van der Waals surface area contributed by atoms with Gasteiger partial charge in [0.1, 0.15) is 0 Å². The summed E-state index contributed by atoms with van der Waals surface area (Å²) in [6, 6.07) is 0.137. The van der Waals surface area contributed by atoms with E-state index in [0.29, 0.717) is 26.1 Å². The van der Waals surface area contributed by atoms with E-state index in [9.17, 15) is 9.59 Å². The predicted octanol–water partition coefficient (Wildman–Crippen LogP) is 0.750. The topological polar surface area (TPSA) is 65.1 Å². The molecule has 2 fully saturated rings. The second-order valence-corrected chi connectivity index (χ2v) is 7.30. The molecule has 2 rings (SSSR count). The number of amides is 3. The fraction of sp³-hybridized carbons (Fsp3) is 0.882. The minimum Gasteiger partial charge on any atom is -0.383 e. The summed E-state index contributed by atoms with van der Waals surface area (Å²) in [5, 5.41) is 2.98. The Morgan fingerprint density at radius 3 is 2.71 bits per heavy atom. The van der Waals surface area contributed by atoms with E-state index in [2.05, 4.69) is 17.3 Å². The van der Waals surface area contributed by atoms with E-state index in [1.54, 1.807) is 7.11 Å². The molecule has 0 bridgehead atoms. The largest absolute Gasteiger partial charge is 0.383 e. The van der Waals surface area contributed by atoms with Crippen LogP contribution >= 0.6 is 0 Å². The van der Waals surface area contributed by atoms with Crippen molar-refractivity contribution >= 4 is 11.9 Å². The van der Waals surface area contributed by atoms with Crippen molar-refractivity contribution in [2.45, 2.75) is 44.7 Å². The molecule has 0 unspecified atom stereocenters. The second-order valence-electron chi connectivity index (χ2n) is 7.30. The lowest BCUT2D eigenvalue weighted by Gasteiger charge is -2.49. The highest BCUT2D eigenvalue weighted by atomic mass is 16.5. The van der Waals surface area contributed by atoms with Crippen molar-refractivity contribution < 1.29 is 14.3 Å². The molecule has 24 heavy (non-hydrogen) atoms.